The molecule has 0 unspecified atom stereocenters. The van der Waals surface area contributed by atoms with Crippen molar-refractivity contribution in [3.8, 4) is 72.7 Å². The van der Waals surface area contributed by atoms with Gasteiger partial charge in [-0.15, -0.1) is 0 Å². The predicted molar refractivity (Wildman–Crippen MR) is 570 cm³/mol. The normalized spacial score (nSPS) is 13.1. The Morgan fingerprint density at radius 1 is 0.148 bits per heavy atom. The summed E-state index contributed by atoms with van der Waals surface area (Å²) < 4.78 is 7.13. The van der Waals surface area contributed by atoms with Gasteiger partial charge >= 0.3 is 0 Å². The molecule has 26 rings (SSSR count). The molecule has 0 bridgehead atoms. The van der Waals surface area contributed by atoms with Gasteiger partial charge in [0.1, 0.15) is 0 Å². The summed E-state index contributed by atoms with van der Waals surface area (Å²) in [6.45, 7) is 14.1. The molecule has 3 heterocycles. The Morgan fingerprint density at radius 2 is 0.378 bits per heavy atom. The SMILES string of the molecule is CC1(C)c2ccccc2-c2ccc(N(c3ccc(-c4ccccc4)cc3)c3ccc4c(c3)c3ccccc3n4-c3ccccc3)cc21.CC1(C)c2ccccc2-c2ccc(N(c3cccc(-c4ccccc4)c3)c3ccc4c(c3)c3ccccc3n4-c3ccccc3)cc21.CC1(C)c2ccccc2-c2ccc(N(c3ccccc3)c3ccc4c(c3)c3ccccc3n4-c3ccccc3)cc21. The molecule has 644 valence electrons. The average molecular weight is 1730 g/mol. The number of nitrogens with zero attached hydrogens (tertiary/aromatic N) is 6. The lowest BCUT2D eigenvalue weighted by atomic mass is 9.82. The number of hydrogen-bond donors (Lipinski definition) is 0. The molecule has 0 N–H and O–H groups in total. The Hall–Kier alpha value is -16.8. The molecule has 23 aromatic rings. The van der Waals surface area contributed by atoms with Gasteiger partial charge < -0.3 is 28.4 Å². The Morgan fingerprint density at radius 3 is 0.741 bits per heavy atom. The molecule has 0 radical (unpaired) electrons. The molecule has 0 saturated heterocycles. The molecule has 6 heteroatoms. The van der Waals surface area contributed by atoms with E-state index in [2.05, 4.69) is 555 Å². The summed E-state index contributed by atoms with van der Waals surface area (Å²) in [4.78, 5) is 7.25. The molecule has 135 heavy (non-hydrogen) atoms. The van der Waals surface area contributed by atoms with Crippen molar-refractivity contribution in [3.05, 3.63) is 519 Å². The van der Waals surface area contributed by atoms with E-state index in [0.717, 1.165) is 45.5 Å². The van der Waals surface area contributed by atoms with Crippen molar-refractivity contribution in [2.45, 2.75) is 57.8 Å². The molecule has 3 aliphatic rings. The monoisotopic (exact) mass is 1730 g/mol. The van der Waals surface area contributed by atoms with Crippen LogP contribution in [0.15, 0.2) is 485 Å². The zero-order valence-electron chi connectivity index (χ0n) is 76.4. The topological polar surface area (TPSA) is 24.5 Å². The number of hydrogen-bond acceptors (Lipinski definition) is 3. The maximum atomic E-state index is 2.43. The van der Waals surface area contributed by atoms with Crippen LogP contribution in [-0.2, 0) is 16.2 Å². The van der Waals surface area contributed by atoms with Crippen molar-refractivity contribution in [1.82, 2.24) is 13.7 Å². The minimum absolute atomic E-state index is 0.0582. The standard InChI is InChI=1S/2C45H34N2.C39H30N2/c1-45(2)41-22-11-9-20-37(41)38-26-24-36(30-42(38)45)46(34-19-13-16-32(28-34)31-14-5-3-6-15-31)35-25-27-44-40(29-35)39-21-10-12-23-43(39)47(44)33-17-7-4-8-18-33;1-45(2)41-19-11-9-17-37(41)38-27-25-36(30-42(38)45)46(34-23-21-32(22-24-34)31-13-5-3-6-14-31)35-26-28-44-40(29-35)39-18-10-12-20-43(39)47(44)33-15-7-4-8-16-33;1-39(2)35-19-11-9-17-31(35)32-23-21-30(26-36(32)39)40(27-13-5-3-6-14-27)29-22-24-38-34(25-29)33-18-10-12-20-37(33)41(38)28-15-7-4-8-16-28/h2*3-30H,1-2H3;3-26H,1-2H3. The van der Waals surface area contributed by atoms with E-state index in [1.807, 2.05) is 0 Å². The third-order valence-corrected chi connectivity index (χ3v) is 28.7. The Kier molecular flexibility index (Phi) is 19.9. The molecule has 3 aliphatic carbocycles. The highest BCUT2D eigenvalue weighted by Crippen LogP contribution is 2.56. The van der Waals surface area contributed by atoms with E-state index in [-0.39, 0.29) is 16.2 Å². The van der Waals surface area contributed by atoms with Crippen LogP contribution in [0.25, 0.3) is 138 Å². The van der Waals surface area contributed by atoms with E-state index in [1.165, 1.54) is 177 Å². The van der Waals surface area contributed by atoms with Gasteiger partial charge in [-0.1, -0.05) is 345 Å². The minimum atomic E-state index is -0.0907. The fourth-order valence-corrected chi connectivity index (χ4v) is 22.2. The summed E-state index contributed by atoms with van der Waals surface area (Å²) in [7, 11) is 0. The number of para-hydroxylation sites is 7. The molecule has 20 aromatic carbocycles. The van der Waals surface area contributed by atoms with Gasteiger partial charge in [0.2, 0.25) is 0 Å². The summed E-state index contributed by atoms with van der Waals surface area (Å²) in [5, 5.41) is 7.47. The van der Waals surface area contributed by atoms with Crippen molar-refractivity contribution in [2.75, 3.05) is 14.7 Å². The van der Waals surface area contributed by atoms with Crippen LogP contribution >= 0.6 is 0 Å². The first-order chi connectivity index (χ1) is 66.3. The van der Waals surface area contributed by atoms with Gasteiger partial charge in [-0.2, -0.15) is 0 Å². The van der Waals surface area contributed by atoms with Crippen LogP contribution in [0.4, 0.5) is 51.2 Å². The number of aromatic nitrogens is 3. The highest BCUT2D eigenvalue weighted by atomic mass is 15.2. The van der Waals surface area contributed by atoms with Crippen molar-refractivity contribution >= 4 is 117 Å². The Bertz CT molecular complexity index is 8500. The zero-order chi connectivity index (χ0) is 90.6. The second-order valence-corrected chi connectivity index (χ2v) is 37.5. The van der Waals surface area contributed by atoms with Crippen LogP contribution in [0.1, 0.15) is 74.9 Å². The lowest BCUT2D eigenvalue weighted by Crippen LogP contribution is -2.16. The van der Waals surface area contributed by atoms with Gasteiger partial charge in [0.25, 0.3) is 0 Å². The van der Waals surface area contributed by atoms with E-state index in [0.29, 0.717) is 0 Å². The largest absolute Gasteiger partial charge is 0.310 e. The highest BCUT2D eigenvalue weighted by Gasteiger charge is 2.40. The van der Waals surface area contributed by atoms with Crippen molar-refractivity contribution < 1.29 is 0 Å². The van der Waals surface area contributed by atoms with Crippen molar-refractivity contribution in [1.29, 1.82) is 0 Å². The highest BCUT2D eigenvalue weighted by molar-refractivity contribution is 6.14. The first kappa shape index (κ1) is 81.4. The number of anilines is 9. The molecule has 6 nitrogen and oxygen atoms in total. The molecule has 3 aromatic heterocycles. The van der Waals surface area contributed by atoms with Gasteiger partial charge in [0.05, 0.1) is 33.1 Å². The summed E-state index contributed by atoms with van der Waals surface area (Å²) in [5.41, 5.74) is 41.9. The minimum Gasteiger partial charge on any atom is -0.310 e. The third-order valence-electron chi connectivity index (χ3n) is 28.7. The molecule has 0 amide bonds. The van der Waals surface area contributed by atoms with Crippen molar-refractivity contribution in [3.63, 3.8) is 0 Å². The Balaban J connectivity index is 0.000000111. The molecular weight excluding hydrogens is 1630 g/mol. The van der Waals surface area contributed by atoms with Gasteiger partial charge in [0, 0.05) is 117 Å². The molecule has 0 spiro atoms. The van der Waals surface area contributed by atoms with Crippen molar-refractivity contribution in [2.24, 2.45) is 0 Å². The molecule has 0 saturated carbocycles. The van der Waals surface area contributed by atoms with Gasteiger partial charge in [0.15, 0.2) is 0 Å². The van der Waals surface area contributed by atoms with E-state index in [1.54, 1.807) is 0 Å². The smallest absolute Gasteiger partial charge is 0.0542 e. The fourth-order valence-electron chi connectivity index (χ4n) is 22.2. The molecule has 0 fully saturated rings. The maximum Gasteiger partial charge on any atom is 0.0542 e. The van der Waals surface area contributed by atoms with Gasteiger partial charge in [-0.3, -0.25) is 0 Å². The summed E-state index contributed by atoms with van der Waals surface area (Å²) in [6.07, 6.45) is 0. The van der Waals surface area contributed by atoms with E-state index in [9.17, 15) is 0 Å². The van der Waals surface area contributed by atoms with Crippen LogP contribution in [0, 0.1) is 0 Å². The van der Waals surface area contributed by atoms with Crippen LogP contribution < -0.4 is 14.7 Å². The predicted octanol–water partition coefficient (Wildman–Crippen LogP) is 35.0. The second kappa shape index (κ2) is 32.9. The first-order valence-corrected chi connectivity index (χ1v) is 47.0. The number of rotatable bonds is 14. The average Bonchev–Trinajstić information content (AvgIpc) is 1.59. The van der Waals surface area contributed by atoms with E-state index < -0.39 is 0 Å². The van der Waals surface area contributed by atoms with E-state index in [4.69, 9.17) is 0 Å². The summed E-state index contributed by atoms with van der Waals surface area (Å²) in [6, 6.07) is 177. The first-order valence-electron chi connectivity index (χ1n) is 47.0. The van der Waals surface area contributed by atoms with Crippen LogP contribution in [0.2, 0.25) is 0 Å². The lowest BCUT2D eigenvalue weighted by Gasteiger charge is -2.28. The molecule has 0 aliphatic heterocycles. The maximum absolute atomic E-state index is 2.43. The van der Waals surface area contributed by atoms with Crippen LogP contribution in [0.5, 0.6) is 0 Å². The quantitative estimate of drug-likeness (QED) is 0.108. The zero-order valence-corrected chi connectivity index (χ0v) is 76.4. The number of fused-ring (bicyclic) bond motifs is 18. The third kappa shape index (κ3) is 13.8. The summed E-state index contributed by atoms with van der Waals surface area (Å²) in [5.74, 6) is 0. The second-order valence-electron chi connectivity index (χ2n) is 37.5. The van der Waals surface area contributed by atoms with E-state index >= 15 is 0 Å². The molecule has 0 atom stereocenters. The molecular formula is C129H98N6. The number of benzene rings is 20. The Labute approximate surface area is 788 Å². The van der Waals surface area contributed by atoms with Gasteiger partial charge in [-0.05, 0) is 271 Å². The lowest BCUT2D eigenvalue weighted by molar-refractivity contribution is 0.660. The fraction of sp³-hybridized carbons (Fsp3) is 0.0698. The van der Waals surface area contributed by atoms with Crippen LogP contribution in [0.3, 0.4) is 0 Å². The summed E-state index contributed by atoms with van der Waals surface area (Å²) >= 11 is 0. The van der Waals surface area contributed by atoms with Crippen LogP contribution in [-0.4, -0.2) is 13.7 Å². The van der Waals surface area contributed by atoms with Gasteiger partial charge in [-0.25, -0.2) is 0 Å².